The van der Waals surface area contributed by atoms with E-state index in [1.807, 2.05) is 0 Å². The second-order valence-electron chi connectivity index (χ2n) is 9.26. The monoisotopic (exact) mass is 523 g/mol. The summed E-state index contributed by atoms with van der Waals surface area (Å²) in [5.74, 6) is -3.78. The predicted octanol–water partition coefficient (Wildman–Crippen LogP) is -0.643. The molecule has 1 rings (SSSR count). The van der Waals surface area contributed by atoms with Crippen molar-refractivity contribution in [2.75, 3.05) is 6.54 Å². The van der Waals surface area contributed by atoms with Crippen LogP contribution in [0.3, 0.4) is 0 Å². The zero-order chi connectivity index (χ0) is 28.1. The topological polar surface area (TPSA) is 217 Å². The van der Waals surface area contributed by atoms with Crippen LogP contribution in [-0.2, 0) is 25.6 Å². The van der Waals surface area contributed by atoms with Crippen LogP contribution in [0.1, 0.15) is 52.0 Å². The molecule has 0 saturated heterocycles. The van der Waals surface area contributed by atoms with Crippen molar-refractivity contribution in [2.24, 2.45) is 17.4 Å². The maximum Gasteiger partial charge on any atom is 0.326 e. The summed E-state index contributed by atoms with van der Waals surface area (Å²) >= 11 is 0. The maximum atomic E-state index is 13.1. The third-order valence-corrected chi connectivity index (χ3v) is 6.15. The van der Waals surface area contributed by atoms with Crippen molar-refractivity contribution >= 4 is 23.7 Å². The first kappa shape index (κ1) is 31.8. The zero-order valence-electron chi connectivity index (χ0n) is 21.6. The van der Waals surface area contributed by atoms with E-state index in [0.717, 1.165) is 0 Å². The Hall–Kier alpha value is -3.22. The number of phenols is 1. The van der Waals surface area contributed by atoms with Crippen LogP contribution in [0, 0.1) is 5.92 Å². The van der Waals surface area contributed by atoms with Gasteiger partial charge in [-0.15, -0.1) is 0 Å². The summed E-state index contributed by atoms with van der Waals surface area (Å²) < 4.78 is 0. The summed E-state index contributed by atoms with van der Waals surface area (Å²) in [5.41, 5.74) is 11.9. The molecule has 0 aromatic heterocycles. The normalized spacial score (nSPS) is 15.9. The third kappa shape index (κ3) is 10.7. The second-order valence-corrected chi connectivity index (χ2v) is 9.26. The summed E-state index contributed by atoms with van der Waals surface area (Å²) in [5, 5.41) is 36.7. The lowest BCUT2D eigenvalue weighted by Crippen LogP contribution is -2.61. The van der Waals surface area contributed by atoms with Crippen molar-refractivity contribution in [3.63, 3.8) is 0 Å². The summed E-state index contributed by atoms with van der Waals surface area (Å²) in [4.78, 5) is 50.4. The predicted molar refractivity (Wildman–Crippen MR) is 137 cm³/mol. The van der Waals surface area contributed by atoms with Gasteiger partial charge in [-0.1, -0.05) is 38.8 Å². The Bertz CT molecular complexity index is 894. The van der Waals surface area contributed by atoms with Crippen LogP contribution in [0.25, 0.3) is 0 Å². The van der Waals surface area contributed by atoms with E-state index in [4.69, 9.17) is 11.5 Å². The number of aromatic hydroxyl groups is 1. The Labute approximate surface area is 217 Å². The number of hydrogen-bond acceptors (Lipinski definition) is 8. The Morgan fingerprint density at radius 3 is 2.00 bits per heavy atom. The van der Waals surface area contributed by atoms with Crippen molar-refractivity contribution in [1.82, 2.24) is 16.0 Å². The Balaban J connectivity index is 2.96. The molecule has 0 saturated carbocycles. The quantitative estimate of drug-likeness (QED) is 0.129. The lowest BCUT2D eigenvalue weighted by molar-refractivity contribution is -0.142. The number of aliphatic hydroxyl groups is 1. The fraction of sp³-hybridized carbons (Fsp3) is 0.600. The molecule has 6 atom stereocenters. The van der Waals surface area contributed by atoms with E-state index < -0.39 is 59.9 Å². The molecule has 37 heavy (non-hydrogen) atoms. The highest BCUT2D eigenvalue weighted by Gasteiger charge is 2.34. The van der Waals surface area contributed by atoms with Crippen molar-refractivity contribution < 1.29 is 34.5 Å². The number of aliphatic hydroxyl groups excluding tert-OH is 1. The highest BCUT2D eigenvalue weighted by molar-refractivity contribution is 5.94. The average Bonchev–Trinajstić information content (AvgIpc) is 2.85. The highest BCUT2D eigenvalue weighted by atomic mass is 16.4. The van der Waals surface area contributed by atoms with E-state index in [0.29, 0.717) is 37.8 Å². The lowest BCUT2D eigenvalue weighted by atomic mass is 9.96. The number of carboxylic acids is 1. The van der Waals surface area contributed by atoms with Crippen molar-refractivity contribution in [1.29, 1.82) is 0 Å². The summed E-state index contributed by atoms with van der Waals surface area (Å²) in [7, 11) is 0. The molecule has 0 heterocycles. The van der Waals surface area contributed by atoms with Gasteiger partial charge in [0.1, 0.15) is 23.9 Å². The molecule has 12 nitrogen and oxygen atoms in total. The van der Waals surface area contributed by atoms with Gasteiger partial charge in [0.25, 0.3) is 0 Å². The fourth-order valence-corrected chi connectivity index (χ4v) is 3.58. The number of aliphatic carboxylic acids is 1. The number of nitrogens with one attached hydrogen (secondary N) is 3. The van der Waals surface area contributed by atoms with Gasteiger partial charge < -0.3 is 42.7 Å². The molecule has 3 amide bonds. The van der Waals surface area contributed by atoms with Crippen LogP contribution in [0.5, 0.6) is 5.75 Å². The molecule has 1 aromatic rings. The lowest BCUT2D eigenvalue weighted by Gasteiger charge is -2.29. The van der Waals surface area contributed by atoms with Crippen LogP contribution < -0.4 is 27.4 Å². The Morgan fingerprint density at radius 2 is 1.49 bits per heavy atom. The zero-order valence-corrected chi connectivity index (χ0v) is 21.6. The minimum absolute atomic E-state index is 0.0236. The molecule has 0 aliphatic heterocycles. The molecule has 12 heteroatoms. The summed E-state index contributed by atoms with van der Waals surface area (Å²) in [6.07, 6.45) is 0.816. The smallest absolute Gasteiger partial charge is 0.326 e. The van der Waals surface area contributed by atoms with Crippen LogP contribution in [0.4, 0.5) is 0 Å². The number of hydrogen-bond donors (Lipinski definition) is 8. The molecule has 0 aliphatic rings. The van der Waals surface area contributed by atoms with Gasteiger partial charge in [0, 0.05) is 6.42 Å². The summed E-state index contributed by atoms with van der Waals surface area (Å²) in [6, 6.07) is 1.21. The van der Waals surface area contributed by atoms with Crippen LogP contribution >= 0.6 is 0 Å². The first-order valence-corrected chi connectivity index (χ1v) is 12.5. The molecule has 0 aliphatic carbocycles. The highest BCUT2D eigenvalue weighted by Crippen LogP contribution is 2.13. The number of carbonyl (C=O) groups excluding carboxylic acids is 3. The molecule has 0 spiro atoms. The Morgan fingerprint density at radius 1 is 0.919 bits per heavy atom. The van der Waals surface area contributed by atoms with E-state index in [1.54, 1.807) is 26.0 Å². The van der Waals surface area contributed by atoms with Gasteiger partial charge in [0.15, 0.2) is 0 Å². The maximum absolute atomic E-state index is 13.1. The van der Waals surface area contributed by atoms with Gasteiger partial charge in [-0.25, -0.2) is 4.79 Å². The van der Waals surface area contributed by atoms with Gasteiger partial charge in [0.05, 0.1) is 12.1 Å². The van der Waals surface area contributed by atoms with Gasteiger partial charge in [-0.2, -0.15) is 0 Å². The van der Waals surface area contributed by atoms with E-state index >= 15 is 0 Å². The molecule has 0 bridgehead atoms. The molecular weight excluding hydrogens is 482 g/mol. The minimum atomic E-state index is -1.38. The van der Waals surface area contributed by atoms with Crippen LogP contribution in [-0.4, -0.2) is 75.8 Å². The van der Waals surface area contributed by atoms with E-state index in [-0.39, 0.29) is 12.2 Å². The van der Waals surface area contributed by atoms with Gasteiger partial charge in [-0.05, 0) is 49.9 Å². The fourth-order valence-electron chi connectivity index (χ4n) is 3.58. The SMILES string of the molecule is CCC(C)C(NC(=O)C(NC(=O)C(N)CCCCN)C(C)O)C(=O)NC(Cc1ccc(O)cc1)C(=O)O. The Kier molecular flexibility index (Phi) is 13.6. The van der Waals surface area contributed by atoms with Crippen molar-refractivity contribution in [2.45, 2.75) is 83.1 Å². The van der Waals surface area contributed by atoms with Gasteiger partial charge in [0.2, 0.25) is 17.7 Å². The number of unbranched alkanes of at least 4 members (excludes halogenated alkanes) is 1. The van der Waals surface area contributed by atoms with Crippen LogP contribution in [0.15, 0.2) is 24.3 Å². The first-order chi connectivity index (χ1) is 17.4. The van der Waals surface area contributed by atoms with Crippen LogP contribution in [0.2, 0.25) is 0 Å². The standard InChI is InChI=1S/C25H41N5O7/c1-4-14(2)20(23(34)28-19(25(36)37)13-16-8-10-17(32)11-9-16)29-24(35)21(15(3)31)30-22(33)18(27)7-5-6-12-26/h8-11,14-15,18-21,31-32H,4-7,12-13,26-27H2,1-3H3,(H,28,34)(H,29,35)(H,30,33)(H,36,37). The van der Waals surface area contributed by atoms with Gasteiger partial charge >= 0.3 is 5.97 Å². The number of benzene rings is 1. The molecule has 6 unspecified atom stereocenters. The number of carbonyl (C=O) groups is 4. The number of carboxylic acid groups (broad SMARTS) is 1. The number of phenolic OH excluding ortho intramolecular Hbond substituents is 1. The first-order valence-electron chi connectivity index (χ1n) is 12.5. The minimum Gasteiger partial charge on any atom is -0.508 e. The number of rotatable bonds is 16. The molecule has 10 N–H and O–H groups in total. The second kappa shape index (κ2) is 15.8. The molecule has 0 radical (unpaired) electrons. The molecule has 1 aromatic carbocycles. The van der Waals surface area contributed by atoms with Crippen molar-refractivity contribution in [3.05, 3.63) is 29.8 Å². The van der Waals surface area contributed by atoms with E-state index in [2.05, 4.69) is 16.0 Å². The van der Waals surface area contributed by atoms with Gasteiger partial charge in [-0.3, -0.25) is 14.4 Å². The molecular formula is C25H41N5O7. The molecule has 0 fully saturated rings. The van der Waals surface area contributed by atoms with Crippen molar-refractivity contribution in [3.8, 4) is 5.75 Å². The average molecular weight is 524 g/mol. The number of amides is 3. The number of nitrogens with two attached hydrogens (primary N) is 2. The van der Waals surface area contributed by atoms with E-state index in [9.17, 15) is 34.5 Å². The molecule has 208 valence electrons. The third-order valence-electron chi connectivity index (χ3n) is 6.15. The summed E-state index contributed by atoms with van der Waals surface area (Å²) in [6.45, 7) is 5.30. The van der Waals surface area contributed by atoms with E-state index in [1.165, 1.54) is 19.1 Å². The largest absolute Gasteiger partial charge is 0.508 e.